The van der Waals surface area contributed by atoms with Crippen LogP contribution in [0.5, 0.6) is 0 Å². The minimum Gasteiger partial charge on any atom is -0.348 e. The zero-order valence-corrected chi connectivity index (χ0v) is 13.7. The highest BCUT2D eigenvalue weighted by Gasteiger charge is 2.26. The molecule has 3 aromatic rings. The summed E-state index contributed by atoms with van der Waals surface area (Å²) in [6, 6.07) is 10.2. The minimum atomic E-state index is 0.284. The summed E-state index contributed by atoms with van der Waals surface area (Å²) in [6.07, 6.45) is 7.08. The van der Waals surface area contributed by atoms with Crippen molar-refractivity contribution in [2.45, 2.75) is 32.2 Å². The van der Waals surface area contributed by atoms with E-state index in [1.54, 1.807) is 6.20 Å². The Balaban J connectivity index is 1.73. The Labute approximate surface area is 141 Å². The highest BCUT2D eigenvalue weighted by Crippen LogP contribution is 2.33. The van der Waals surface area contributed by atoms with Gasteiger partial charge in [0.2, 0.25) is 0 Å². The van der Waals surface area contributed by atoms with Crippen LogP contribution in [0.4, 0.5) is 5.82 Å². The average molecular weight is 320 g/mol. The largest absolute Gasteiger partial charge is 0.348 e. The van der Waals surface area contributed by atoms with Crippen molar-refractivity contribution >= 4 is 5.82 Å². The van der Waals surface area contributed by atoms with E-state index in [0.717, 1.165) is 35.9 Å². The van der Waals surface area contributed by atoms with Crippen LogP contribution in [0.3, 0.4) is 0 Å². The number of H-pyrrole nitrogens is 1. The lowest BCUT2D eigenvalue weighted by atomic mass is 9.99. The van der Waals surface area contributed by atoms with E-state index < -0.39 is 0 Å². The van der Waals surface area contributed by atoms with E-state index in [4.69, 9.17) is 4.98 Å². The molecule has 24 heavy (non-hydrogen) atoms. The van der Waals surface area contributed by atoms with Crippen LogP contribution in [-0.4, -0.2) is 31.7 Å². The monoisotopic (exact) mass is 320 g/mol. The molecule has 122 valence electrons. The van der Waals surface area contributed by atoms with Gasteiger partial charge in [-0.1, -0.05) is 6.07 Å². The van der Waals surface area contributed by atoms with Crippen LogP contribution in [0, 0.1) is 6.92 Å². The molecule has 3 aromatic heterocycles. The van der Waals surface area contributed by atoms with Gasteiger partial charge in [-0.2, -0.15) is 5.10 Å². The Morgan fingerprint density at radius 1 is 1.12 bits per heavy atom. The van der Waals surface area contributed by atoms with Gasteiger partial charge < -0.3 is 4.90 Å². The maximum Gasteiger partial charge on any atom is 0.180 e. The molecule has 1 atom stereocenters. The summed E-state index contributed by atoms with van der Waals surface area (Å²) in [5, 5.41) is 7.23. The quantitative estimate of drug-likeness (QED) is 0.802. The van der Waals surface area contributed by atoms with E-state index >= 15 is 0 Å². The fraction of sp³-hybridized carbons (Fsp3) is 0.333. The number of aryl methyl sites for hydroxylation is 1. The zero-order chi connectivity index (χ0) is 16.4. The third-order valence-corrected chi connectivity index (χ3v) is 4.41. The predicted molar refractivity (Wildman–Crippen MR) is 92.5 cm³/mol. The van der Waals surface area contributed by atoms with Gasteiger partial charge in [-0.3, -0.25) is 10.1 Å². The van der Waals surface area contributed by atoms with Crippen LogP contribution in [0.2, 0.25) is 0 Å². The van der Waals surface area contributed by atoms with Gasteiger partial charge in [-0.05, 0) is 44.4 Å². The first-order valence-corrected chi connectivity index (χ1v) is 8.34. The van der Waals surface area contributed by atoms with E-state index in [2.05, 4.69) is 37.2 Å². The molecule has 0 unspecified atom stereocenters. The molecular formula is C18H20N6. The molecular weight excluding hydrogens is 300 g/mol. The lowest BCUT2D eigenvalue weighted by Gasteiger charge is -2.36. The molecule has 0 aromatic carbocycles. The van der Waals surface area contributed by atoms with Gasteiger partial charge in [0.15, 0.2) is 5.82 Å². The van der Waals surface area contributed by atoms with Crippen LogP contribution in [-0.2, 0) is 0 Å². The second-order valence-electron chi connectivity index (χ2n) is 6.12. The Bertz CT molecular complexity index is 800. The number of pyridine rings is 1. The molecule has 0 aliphatic carbocycles. The fourth-order valence-corrected chi connectivity index (χ4v) is 3.29. The lowest BCUT2D eigenvalue weighted by molar-refractivity contribution is 0.461. The van der Waals surface area contributed by atoms with Gasteiger partial charge in [0.1, 0.15) is 11.5 Å². The highest BCUT2D eigenvalue weighted by molar-refractivity contribution is 5.54. The number of hydrogen-bond donors (Lipinski definition) is 1. The van der Waals surface area contributed by atoms with Crippen molar-refractivity contribution in [2.75, 3.05) is 11.4 Å². The molecule has 1 N–H and O–H groups in total. The number of nitrogens with zero attached hydrogens (tertiary/aromatic N) is 5. The molecule has 4 heterocycles. The van der Waals surface area contributed by atoms with E-state index in [0.29, 0.717) is 5.82 Å². The van der Waals surface area contributed by atoms with Crippen molar-refractivity contribution in [3.63, 3.8) is 0 Å². The molecule has 1 aliphatic heterocycles. The predicted octanol–water partition coefficient (Wildman–Crippen LogP) is 3.30. The Morgan fingerprint density at radius 3 is 2.88 bits per heavy atom. The van der Waals surface area contributed by atoms with Crippen molar-refractivity contribution in [3.8, 4) is 11.5 Å². The van der Waals surface area contributed by atoms with Crippen molar-refractivity contribution in [2.24, 2.45) is 0 Å². The number of anilines is 1. The fourth-order valence-electron chi connectivity index (χ4n) is 3.29. The number of piperidine rings is 1. The first kappa shape index (κ1) is 14.8. The van der Waals surface area contributed by atoms with Crippen molar-refractivity contribution in [1.29, 1.82) is 0 Å². The summed E-state index contributed by atoms with van der Waals surface area (Å²) in [4.78, 5) is 16.1. The highest BCUT2D eigenvalue weighted by atomic mass is 15.3. The smallest absolute Gasteiger partial charge is 0.180 e. The minimum absolute atomic E-state index is 0.284. The summed E-state index contributed by atoms with van der Waals surface area (Å²) in [5.74, 6) is 1.64. The molecule has 0 saturated carbocycles. The summed E-state index contributed by atoms with van der Waals surface area (Å²) < 4.78 is 0. The Hall–Kier alpha value is -2.76. The average Bonchev–Trinajstić information content (AvgIpc) is 3.16. The molecule has 6 heteroatoms. The van der Waals surface area contributed by atoms with E-state index in [-0.39, 0.29) is 6.04 Å². The molecule has 1 aliphatic rings. The lowest BCUT2D eigenvalue weighted by Crippen LogP contribution is -2.34. The molecule has 4 rings (SSSR count). The normalized spacial score (nSPS) is 17.9. The molecule has 1 saturated heterocycles. The first-order valence-electron chi connectivity index (χ1n) is 8.34. The van der Waals surface area contributed by atoms with Crippen LogP contribution < -0.4 is 4.90 Å². The summed E-state index contributed by atoms with van der Waals surface area (Å²) in [5.41, 5.74) is 2.90. The van der Waals surface area contributed by atoms with E-state index in [1.807, 2.05) is 31.3 Å². The first-order chi connectivity index (χ1) is 11.8. The van der Waals surface area contributed by atoms with Gasteiger partial charge in [-0.15, -0.1) is 0 Å². The molecule has 0 radical (unpaired) electrons. The number of rotatable bonds is 3. The molecule has 1 fully saturated rings. The third-order valence-electron chi connectivity index (χ3n) is 4.41. The molecule has 0 bridgehead atoms. The number of aromatic amines is 1. The van der Waals surface area contributed by atoms with Crippen LogP contribution in [0.1, 0.15) is 36.7 Å². The molecule has 6 nitrogen and oxygen atoms in total. The number of hydrogen-bond acceptors (Lipinski definition) is 5. The maximum absolute atomic E-state index is 4.81. The van der Waals surface area contributed by atoms with E-state index in [1.165, 1.54) is 12.8 Å². The summed E-state index contributed by atoms with van der Waals surface area (Å²) in [7, 11) is 0. The standard InChI is InChI=1S/C18H20N6/c1-13-12-17(22-18(21-13)15-6-2-4-9-19-15)24-11-5-3-7-16(24)14-8-10-20-23-14/h2,4,6,8-10,12,16H,3,5,7,11H2,1H3,(H,20,23)/t16-/m1/s1. The molecule has 0 amide bonds. The van der Waals surface area contributed by atoms with Gasteiger partial charge in [-0.25, -0.2) is 9.97 Å². The van der Waals surface area contributed by atoms with Crippen molar-refractivity contribution in [3.05, 3.63) is 54.1 Å². The third kappa shape index (κ3) is 2.87. The second kappa shape index (κ2) is 6.39. The van der Waals surface area contributed by atoms with Crippen LogP contribution >= 0.6 is 0 Å². The number of nitrogens with one attached hydrogen (secondary N) is 1. The summed E-state index contributed by atoms with van der Waals surface area (Å²) >= 11 is 0. The van der Waals surface area contributed by atoms with Gasteiger partial charge >= 0.3 is 0 Å². The van der Waals surface area contributed by atoms with Crippen molar-refractivity contribution in [1.82, 2.24) is 25.1 Å². The van der Waals surface area contributed by atoms with Crippen LogP contribution in [0.25, 0.3) is 11.5 Å². The summed E-state index contributed by atoms with van der Waals surface area (Å²) in [6.45, 7) is 2.99. The SMILES string of the molecule is Cc1cc(N2CCCC[C@@H]2c2ccn[nH]2)nc(-c2ccccn2)n1. The maximum atomic E-state index is 4.81. The Morgan fingerprint density at radius 2 is 2.08 bits per heavy atom. The second-order valence-corrected chi connectivity index (χ2v) is 6.12. The van der Waals surface area contributed by atoms with Gasteiger partial charge in [0.25, 0.3) is 0 Å². The Kier molecular flexibility index (Phi) is 3.94. The van der Waals surface area contributed by atoms with Gasteiger partial charge in [0.05, 0.1) is 11.7 Å². The zero-order valence-electron chi connectivity index (χ0n) is 13.7. The van der Waals surface area contributed by atoms with Gasteiger partial charge in [0, 0.05) is 30.7 Å². The van der Waals surface area contributed by atoms with Crippen LogP contribution in [0.15, 0.2) is 42.7 Å². The topological polar surface area (TPSA) is 70.6 Å². The van der Waals surface area contributed by atoms with Crippen molar-refractivity contribution < 1.29 is 0 Å². The molecule has 0 spiro atoms. The van der Waals surface area contributed by atoms with E-state index in [9.17, 15) is 0 Å². The number of aromatic nitrogens is 5.